The predicted octanol–water partition coefficient (Wildman–Crippen LogP) is 3.30. The third-order valence-electron chi connectivity index (χ3n) is 2.94. The van der Waals surface area contributed by atoms with Gasteiger partial charge in [0.25, 0.3) is 0 Å². The maximum atomic E-state index is 11.6. The molecule has 0 aromatic heterocycles. The molecule has 1 rings (SSSR count). The zero-order valence-corrected chi connectivity index (χ0v) is 12.9. The summed E-state index contributed by atoms with van der Waals surface area (Å²) in [5, 5.41) is 3.36. The van der Waals surface area contributed by atoms with Crippen molar-refractivity contribution in [2.75, 3.05) is 13.7 Å². The van der Waals surface area contributed by atoms with Crippen LogP contribution in [0.25, 0.3) is 0 Å². The number of carbonyl (C=O) groups is 1. The van der Waals surface area contributed by atoms with Crippen LogP contribution in [0.15, 0.2) is 28.7 Å². The molecule has 0 unspecified atom stereocenters. The summed E-state index contributed by atoms with van der Waals surface area (Å²) in [6.45, 7) is 6.40. The molecule has 4 heteroatoms. The van der Waals surface area contributed by atoms with E-state index in [-0.39, 0.29) is 12.0 Å². The van der Waals surface area contributed by atoms with E-state index in [0.29, 0.717) is 6.54 Å². The standard InChI is InChI=1S/C14H20BrNO2/c1-10(11-6-5-7-12(15)8-11)16-9-14(2,3)13(17)18-4/h5-8,10,16H,9H2,1-4H3/t10-/m1/s1. The molecule has 1 N–H and O–H groups in total. The number of esters is 1. The Morgan fingerprint density at radius 3 is 2.72 bits per heavy atom. The molecule has 0 amide bonds. The van der Waals surface area contributed by atoms with E-state index in [2.05, 4.69) is 40.3 Å². The van der Waals surface area contributed by atoms with Crippen LogP contribution in [-0.4, -0.2) is 19.6 Å². The molecular weight excluding hydrogens is 294 g/mol. The fourth-order valence-electron chi connectivity index (χ4n) is 1.65. The Morgan fingerprint density at radius 1 is 1.50 bits per heavy atom. The van der Waals surface area contributed by atoms with Crippen molar-refractivity contribution in [1.82, 2.24) is 5.32 Å². The molecule has 0 heterocycles. The molecular formula is C14H20BrNO2. The quantitative estimate of drug-likeness (QED) is 0.848. The van der Waals surface area contributed by atoms with Crippen molar-refractivity contribution in [3.63, 3.8) is 0 Å². The number of rotatable bonds is 5. The molecule has 0 saturated carbocycles. The van der Waals surface area contributed by atoms with Gasteiger partial charge in [0.05, 0.1) is 12.5 Å². The van der Waals surface area contributed by atoms with Gasteiger partial charge in [-0.1, -0.05) is 28.1 Å². The molecule has 1 atom stereocenters. The third-order valence-corrected chi connectivity index (χ3v) is 3.43. The summed E-state index contributed by atoms with van der Waals surface area (Å²) in [6, 6.07) is 8.32. The Hall–Kier alpha value is -0.870. The van der Waals surface area contributed by atoms with E-state index < -0.39 is 5.41 Å². The lowest BCUT2D eigenvalue weighted by atomic mass is 9.93. The highest BCUT2D eigenvalue weighted by molar-refractivity contribution is 9.10. The van der Waals surface area contributed by atoms with Gasteiger partial charge in [0.15, 0.2) is 0 Å². The molecule has 0 aliphatic carbocycles. The first kappa shape index (κ1) is 15.2. The van der Waals surface area contributed by atoms with E-state index in [9.17, 15) is 4.79 Å². The smallest absolute Gasteiger partial charge is 0.312 e. The molecule has 0 aliphatic heterocycles. The van der Waals surface area contributed by atoms with E-state index >= 15 is 0 Å². The van der Waals surface area contributed by atoms with Crippen LogP contribution in [0, 0.1) is 5.41 Å². The van der Waals surface area contributed by atoms with Crippen molar-refractivity contribution in [2.45, 2.75) is 26.8 Å². The van der Waals surface area contributed by atoms with E-state index in [0.717, 1.165) is 4.47 Å². The summed E-state index contributed by atoms with van der Waals surface area (Å²) < 4.78 is 5.84. The molecule has 1 aromatic carbocycles. The van der Waals surface area contributed by atoms with Crippen molar-refractivity contribution >= 4 is 21.9 Å². The average Bonchev–Trinajstić information content (AvgIpc) is 2.35. The Balaban J connectivity index is 2.61. The molecule has 0 spiro atoms. The summed E-state index contributed by atoms with van der Waals surface area (Å²) in [5.41, 5.74) is 0.666. The lowest BCUT2D eigenvalue weighted by Gasteiger charge is -2.24. The van der Waals surface area contributed by atoms with Crippen LogP contribution in [0.5, 0.6) is 0 Å². The first-order valence-electron chi connectivity index (χ1n) is 5.94. The van der Waals surface area contributed by atoms with Crippen molar-refractivity contribution in [3.8, 4) is 0 Å². The summed E-state index contributed by atoms with van der Waals surface area (Å²) in [5.74, 6) is -0.198. The van der Waals surface area contributed by atoms with E-state index in [1.54, 1.807) is 0 Å². The topological polar surface area (TPSA) is 38.3 Å². The molecule has 0 radical (unpaired) electrons. The van der Waals surface area contributed by atoms with Gasteiger partial charge in [-0.25, -0.2) is 0 Å². The second-order valence-corrected chi connectivity index (χ2v) is 5.95. The zero-order chi connectivity index (χ0) is 13.8. The molecule has 100 valence electrons. The SMILES string of the molecule is COC(=O)C(C)(C)CN[C@H](C)c1cccc(Br)c1. The highest BCUT2D eigenvalue weighted by atomic mass is 79.9. The molecule has 0 aliphatic rings. The van der Waals surface area contributed by atoms with Gasteiger partial charge in [-0.2, -0.15) is 0 Å². The Labute approximate surface area is 117 Å². The minimum atomic E-state index is -0.519. The Bertz CT molecular complexity index is 418. The average molecular weight is 314 g/mol. The highest BCUT2D eigenvalue weighted by Gasteiger charge is 2.28. The monoisotopic (exact) mass is 313 g/mol. The lowest BCUT2D eigenvalue weighted by molar-refractivity contribution is -0.150. The van der Waals surface area contributed by atoms with Gasteiger partial charge in [-0.05, 0) is 38.5 Å². The number of halogens is 1. The van der Waals surface area contributed by atoms with Gasteiger partial charge >= 0.3 is 5.97 Å². The van der Waals surface area contributed by atoms with E-state index in [4.69, 9.17) is 4.74 Å². The Morgan fingerprint density at radius 2 is 2.17 bits per heavy atom. The van der Waals surface area contributed by atoms with Gasteiger partial charge in [-0.3, -0.25) is 4.79 Å². The summed E-state index contributed by atoms with van der Waals surface area (Å²) in [6.07, 6.45) is 0. The van der Waals surface area contributed by atoms with Crippen molar-refractivity contribution in [1.29, 1.82) is 0 Å². The number of benzene rings is 1. The normalized spacial score (nSPS) is 13.2. The van der Waals surface area contributed by atoms with Gasteiger partial charge in [-0.15, -0.1) is 0 Å². The first-order valence-corrected chi connectivity index (χ1v) is 6.73. The van der Waals surface area contributed by atoms with Crippen LogP contribution < -0.4 is 5.32 Å². The molecule has 18 heavy (non-hydrogen) atoms. The number of hydrogen-bond acceptors (Lipinski definition) is 3. The molecule has 0 saturated heterocycles. The van der Waals surface area contributed by atoms with Crippen LogP contribution in [-0.2, 0) is 9.53 Å². The number of nitrogens with one attached hydrogen (secondary N) is 1. The van der Waals surface area contributed by atoms with Crippen LogP contribution in [0.4, 0.5) is 0 Å². The van der Waals surface area contributed by atoms with Gasteiger partial charge in [0, 0.05) is 17.1 Å². The predicted molar refractivity (Wildman–Crippen MR) is 76.4 cm³/mol. The van der Waals surface area contributed by atoms with Crippen LogP contribution in [0.2, 0.25) is 0 Å². The maximum absolute atomic E-state index is 11.6. The second-order valence-electron chi connectivity index (χ2n) is 5.03. The van der Waals surface area contributed by atoms with Crippen LogP contribution in [0.1, 0.15) is 32.4 Å². The summed E-state index contributed by atoms with van der Waals surface area (Å²) in [7, 11) is 1.42. The van der Waals surface area contributed by atoms with Gasteiger partial charge in [0.1, 0.15) is 0 Å². The van der Waals surface area contributed by atoms with E-state index in [1.165, 1.54) is 12.7 Å². The highest BCUT2D eigenvalue weighted by Crippen LogP contribution is 2.21. The van der Waals surface area contributed by atoms with Crippen molar-refractivity contribution in [3.05, 3.63) is 34.3 Å². The van der Waals surface area contributed by atoms with Gasteiger partial charge < -0.3 is 10.1 Å². The largest absolute Gasteiger partial charge is 0.469 e. The molecule has 0 fully saturated rings. The van der Waals surface area contributed by atoms with Crippen molar-refractivity contribution < 1.29 is 9.53 Å². The number of methoxy groups -OCH3 is 1. The fourth-order valence-corrected chi connectivity index (χ4v) is 2.07. The number of hydrogen-bond donors (Lipinski definition) is 1. The minimum Gasteiger partial charge on any atom is -0.469 e. The lowest BCUT2D eigenvalue weighted by Crippen LogP contribution is -2.37. The third kappa shape index (κ3) is 4.10. The molecule has 0 bridgehead atoms. The first-order chi connectivity index (χ1) is 8.36. The molecule has 3 nitrogen and oxygen atoms in total. The number of ether oxygens (including phenoxy) is 1. The Kier molecular flexibility index (Phi) is 5.35. The van der Waals surface area contributed by atoms with Crippen LogP contribution >= 0.6 is 15.9 Å². The summed E-state index contributed by atoms with van der Waals surface area (Å²) in [4.78, 5) is 11.6. The van der Waals surface area contributed by atoms with Crippen molar-refractivity contribution in [2.24, 2.45) is 5.41 Å². The van der Waals surface area contributed by atoms with Crippen LogP contribution in [0.3, 0.4) is 0 Å². The zero-order valence-electron chi connectivity index (χ0n) is 11.3. The maximum Gasteiger partial charge on any atom is 0.312 e. The van der Waals surface area contributed by atoms with E-state index in [1.807, 2.05) is 26.0 Å². The fraction of sp³-hybridized carbons (Fsp3) is 0.500. The second kappa shape index (κ2) is 6.34. The summed E-state index contributed by atoms with van der Waals surface area (Å²) >= 11 is 3.45. The number of carbonyl (C=O) groups excluding carboxylic acids is 1. The molecule has 1 aromatic rings. The van der Waals surface area contributed by atoms with Gasteiger partial charge in [0.2, 0.25) is 0 Å². The minimum absolute atomic E-state index is 0.187.